The number of H-pyrrole nitrogens is 1. The Labute approximate surface area is 63.0 Å². The smallest absolute Gasteiger partial charge is 0.204 e. The molecule has 0 spiro atoms. The standard InChI is InChI=1S/C8H7NO2/c1-5-2-6-3-7(4-10)9-8(6)11-5/h2-4,9H,1H3. The summed E-state index contributed by atoms with van der Waals surface area (Å²) in [4.78, 5) is 13.1. The number of nitrogens with one attached hydrogen (secondary N) is 1. The number of aryl methyl sites for hydroxylation is 1. The van der Waals surface area contributed by atoms with Crippen molar-refractivity contribution in [3.63, 3.8) is 0 Å². The van der Waals surface area contributed by atoms with Crippen molar-refractivity contribution in [2.24, 2.45) is 0 Å². The second-order valence-electron chi connectivity index (χ2n) is 2.48. The zero-order valence-corrected chi connectivity index (χ0v) is 6.05. The SMILES string of the molecule is Cc1cc2cc(C=O)[nH]c2o1. The van der Waals surface area contributed by atoms with E-state index in [0.717, 1.165) is 17.4 Å². The molecule has 3 nitrogen and oxygen atoms in total. The van der Waals surface area contributed by atoms with Crippen molar-refractivity contribution in [3.05, 3.63) is 23.6 Å². The van der Waals surface area contributed by atoms with Crippen LogP contribution in [0.2, 0.25) is 0 Å². The van der Waals surface area contributed by atoms with Crippen molar-refractivity contribution >= 4 is 17.4 Å². The summed E-state index contributed by atoms with van der Waals surface area (Å²) in [5.74, 6) is 0.851. The molecule has 56 valence electrons. The first-order valence-electron chi connectivity index (χ1n) is 3.34. The average molecular weight is 149 g/mol. The van der Waals surface area contributed by atoms with E-state index in [1.54, 1.807) is 6.07 Å². The van der Waals surface area contributed by atoms with Gasteiger partial charge in [0, 0.05) is 5.39 Å². The van der Waals surface area contributed by atoms with Gasteiger partial charge in [0.25, 0.3) is 0 Å². The Balaban J connectivity index is 2.72. The molecule has 0 aliphatic carbocycles. The van der Waals surface area contributed by atoms with Crippen LogP contribution in [0.1, 0.15) is 16.2 Å². The van der Waals surface area contributed by atoms with Crippen LogP contribution in [0, 0.1) is 6.92 Å². The number of fused-ring (bicyclic) bond motifs is 1. The third kappa shape index (κ3) is 0.852. The predicted octanol–water partition coefficient (Wildman–Crippen LogP) is 1.88. The maximum absolute atomic E-state index is 10.3. The van der Waals surface area contributed by atoms with E-state index in [0.29, 0.717) is 11.4 Å². The Morgan fingerprint density at radius 2 is 2.36 bits per heavy atom. The van der Waals surface area contributed by atoms with E-state index in [9.17, 15) is 4.79 Å². The lowest BCUT2D eigenvalue weighted by Crippen LogP contribution is -1.74. The first-order valence-corrected chi connectivity index (χ1v) is 3.34. The van der Waals surface area contributed by atoms with Gasteiger partial charge in [0.15, 0.2) is 6.29 Å². The minimum atomic E-state index is 0.554. The molecular weight excluding hydrogens is 142 g/mol. The van der Waals surface area contributed by atoms with Crippen LogP contribution in [0.15, 0.2) is 16.5 Å². The summed E-state index contributed by atoms with van der Waals surface area (Å²) < 4.78 is 5.24. The summed E-state index contributed by atoms with van der Waals surface area (Å²) in [5, 5.41) is 0.949. The topological polar surface area (TPSA) is 46.0 Å². The molecule has 0 aliphatic rings. The molecule has 2 rings (SSSR count). The third-order valence-electron chi connectivity index (χ3n) is 1.58. The van der Waals surface area contributed by atoms with E-state index < -0.39 is 0 Å². The van der Waals surface area contributed by atoms with Crippen molar-refractivity contribution in [1.29, 1.82) is 0 Å². The minimum Gasteiger partial charge on any atom is -0.445 e. The van der Waals surface area contributed by atoms with Crippen molar-refractivity contribution in [1.82, 2.24) is 4.98 Å². The van der Waals surface area contributed by atoms with Crippen LogP contribution in [0.4, 0.5) is 0 Å². The van der Waals surface area contributed by atoms with Gasteiger partial charge in [-0.15, -0.1) is 0 Å². The van der Waals surface area contributed by atoms with Crippen molar-refractivity contribution < 1.29 is 9.21 Å². The summed E-state index contributed by atoms with van der Waals surface area (Å²) in [5.41, 5.74) is 1.23. The van der Waals surface area contributed by atoms with E-state index in [-0.39, 0.29) is 0 Å². The number of carbonyl (C=O) groups is 1. The number of aromatic amines is 1. The molecule has 0 saturated carbocycles. The van der Waals surface area contributed by atoms with Gasteiger partial charge in [-0.05, 0) is 19.1 Å². The quantitative estimate of drug-likeness (QED) is 0.629. The number of hydrogen-bond acceptors (Lipinski definition) is 2. The molecule has 0 unspecified atom stereocenters. The molecule has 0 aromatic carbocycles. The monoisotopic (exact) mass is 149 g/mol. The van der Waals surface area contributed by atoms with Crippen LogP contribution < -0.4 is 0 Å². The van der Waals surface area contributed by atoms with Gasteiger partial charge < -0.3 is 9.40 Å². The minimum absolute atomic E-state index is 0.554. The van der Waals surface area contributed by atoms with Gasteiger partial charge in [-0.3, -0.25) is 4.79 Å². The second-order valence-corrected chi connectivity index (χ2v) is 2.48. The van der Waals surface area contributed by atoms with Crippen LogP contribution in [-0.2, 0) is 0 Å². The van der Waals surface area contributed by atoms with Crippen LogP contribution in [-0.4, -0.2) is 11.3 Å². The molecule has 0 radical (unpaired) electrons. The molecule has 0 aliphatic heterocycles. The van der Waals surface area contributed by atoms with Crippen LogP contribution in [0.3, 0.4) is 0 Å². The van der Waals surface area contributed by atoms with Crippen molar-refractivity contribution in [2.75, 3.05) is 0 Å². The van der Waals surface area contributed by atoms with E-state index in [1.807, 2.05) is 13.0 Å². The highest BCUT2D eigenvalue weighted by atomic mass is 16.3. The first kappa shape index (κ1) is 6.22. The molecule has 2 heterocycles. The molecular formula is C8H7NO2. The van der Waals surface area contributed by atoms with Crippen LogP contribution in [0.25, 0.3) is 11.1 Å². The Bertz CT molecular complexity index is 366. The molecule has 11 heavy (non-hydrogen) atoms. The third-order valence-corrected chi connectivity index (χ3v) is 1.58. The van der Waals surface area contributed by atoms with Gasteiger partial charge in [0.2, 0.25) is 5.71 Å². The highest BCUT2D eigenvalue weighted by Gasteiger charge is 2.03. The molecule has 3 heteroatoms. The largest absolute Gasteiger partial charge is 0.445 e. The number of carbonyl (C=O) groups excluding carboxylic acids is 1. The molecule has 2 aromatic heterocycles. The average Bonchev–Trinajstić information content (AvgIpc) is 2.43. The molecule has 0 saturated heterocycles. The van der Waals surface area contributed by atoms with Crippen molar-refractivity contribution in [3.8, 4) is 0 Å². The Kier molecular flexibility index (Phi) is 1.12. The fourth-order valence-electron chi connectivity index (χ4n) is 1.14. The Hall–Kier alpha value is -1.51. The number of hydrogen-bond donors (Lipinski definition) is 1. The van der Waals surface area contributed by atoms with E-state index in [1.165, 1.54) is 0 Å². The summed E-state index contributed by atoms with van der Waals surface area (Å²) >= 11 is 0. The lowest BCUT2D eigenvalue weighted by atomic mass is 10.3. The van der Waals surface area contributed by atoms with Crippen LogP contribution >= 0.6 is 0 Å². The maximum atomic E-state index is 10.3. The summed E-state index contributed by atoms with van der Waals surface area (Å²) in [7, 11) is 0. The number of furan rings is 1. The van der Waals surface area contributed by atoms with Gasteiger partial charge in [-0.1, -0.05) is 0 Å². The van der Waals surface area contributed by atoms with Gasteiger partial charge in [0.05, 0.1) is 5.69 Å². The number of aldehydes is 1. The van der Waals surface area contributed by atoms with Crippen molar-refractivity contribution in [2.45, 2.75) is 6.92 Å². The maximum Gasteiger partial charge on any atom is 0.204 e. The lowest BCUT2D eigenvalue weighted by molar-refractivity contribution is 0.111. The van der Waals surface area contributed by atoms with Gasteiger partial charge in [-0.2, -0.15) is 0 Å². The van der Waals surface area contributed by atoms with Crippen LogP contribution in [0.5, 0.6) is 0 Å². The van der Waals surface area contributed by atoms with Gasteiger partial charge in [0.1, 0.15) is 5.76 Å². The fourth-order valence-corrected chi connectivity index (χ4v) is 1.14. The van der Waals surface area contributed by atoms with E-state index >= 15 is 0 Å². The molecule has 1 N–H and O–H groups in total. The highest BCUT2D eigenvalue weighted by molar-refractivity contribution is 5.85. The Morgan fingerprint density at radius 1 is 1.55 bits per heavy atom. The zero-order valence-electron chi connectivity index (χ0n) is 6.05. The predicted molar refractivity (Wildman–Crippen MR) is 40.7 cm³/mol. The zero-order chi connectivity index (χ0) is 7.84. The number of rotatable bonds is 1. The first-order chi connectivity index (χ1) is 5.29. The summed E-state index contributed by atoms with van der Waals surface area (Å²) in [6.45, 7) is 1.87. The lowest BCUT2D eigenvalue weighted by Gasteiger charge is -1.79. The fraction of sp³-hybridized carbons (Fsp3) is 0.125. The molecule has 0 bridgehead atoms. The highest BCUT2D eigenvalue weighted by Crippen LogP contribution is 2.18. The molecule has 2 aromatic rings. The molecule has 0 atom stereocenters. The summed E-state index contributed by atoms with van der Waals surface area (Å²) in [6, 6.07) is 3.65. The number of aromatic nitrogens is 1. The second kappa shape index (κ2) is 1.99. The van der Waals surface area contributed by atoms with E-state index in [4.69, 9.17) is 4.42 Å². The van der Waals surface area contributed by atoms with Gasteiger partial charge in [-0.25, -0.2) is 0 Å². The summed E-state index contributed by atoms with van der Waals surface area (Å²) in [6.07, 6.45) is 0.769. The molecule has 0 fully saturated rings. The van der Waals surface area contributed by atoms with E-state index in [2.05, 4.69) is 4.98 Å². The Morgan fingerprint density at radius 3 is 3.00 bits per heavy atom. The van der Waals surface area contributed by atoms with Gasteiger partial charge >= 0.3 is 0 Å². The molecule has 0 amide bonds. The normalized spacial score (nSPS) is 10.6.